The molecule has 0 aliphatic carbocycles. The first-order valence-corrected chi connectivity index (χ1v) is 9.03. The molecule has 0 fully saturated rings. The van der Waals surface area contributed by atoms with E-state index in [1.54, 1.807) is 0 Å². The Morgan fingerprint density at radius 1 is 0.645 bits per heavy atom. The Hall–Kier alpha value is -4.44. The van der Waals surface area contributed by atoms with Gasteiger partial charge in [-0.15, -0.1) is 0 Å². The third-order valence-corrected chi connectivity index (χ3v) is 4.77. The van der Waals surface area contributed by atoms with Crippen molar-refractivity contribution in [2.24, 2.45) is 15.8 Å². The largest absolute Gasteiger partial charge is 0.507 e. The average molecular weight is 422 g/mol. The smallest absolute Gasteiger partial charge is 0.171 e. The van der Waals surface area contributed by atoms with Gasteiger partial charge in [0, 0.05) is 0 Å². The second kappa shape index (κ2) is 7.43. The van der Waals surface area contributed by atoms with Crippen LogP contribution >= 0.6 is 0 Å². The van der Waals surface area contributed by atoms with E-state index in [0.717, 1.165) is 5.01 Å². The Labute approximate surface area is 175 Å². The van der Waals surface area contributed by atoms with E-state index >= 15 is 0 Å². The number of benzene rings is 3. The molecule has 1 aliphatic rings. The Morgan fingerprint density at radius 3 is 1.55 bits per heavy atom. The molecule has 3 aromatic rings. The molecule has 10 heteroatoms. The highest BCUT2D eigenvalue weighted by molar-refractivity contribution is 6.16. The summed E-state index contributed by atoms with van der Waals surface area (Å²) in [6, 6.07) is 12.1. The Bertz CT molecular complexity index is 1180. The zero-order valence-corrected chi connectivity index (χ0v) is 15.9. The molecule has 0 spiro atoms. The molecule has 31 heavy (non-hydrogen) atoms. The van der Waals surface area contributed by atoms with Crippen LogP contribution in [0.3, 0.4) is 0 Å². The lowest BCUT2D eigenvalue weighted by molar-refractivity contribution is 0.309. The standard InChI is InChI=1S/C21H18N4O6/c22-25-20(17-12(28)6-2-7-13(17)29)23-19(16-10(26)4-1-5-11(16)27)24-21(25)18-14(30)8-3-9-15(18)31/h1-9,20,26-31H,22H2. The van der Waals surface area contributed by atoms with E-state index in [2.05, 4.69) is 9.98 Å². The average Bonchev–Trinajstić information content (AvgIpc) is 2.70. The molecule has 4 rings (SSSR count). The van der Waals surface area contributed by atoms with Gasteiger partial charge in [-0.05, 0) is 36.4 Å². The number of phenols is 6. The fraction of sp³-hybridized carbons (Fsp3) is 0.0476. The molecule has 1 heterocycles. The Morgan fingerprint density at radius 2 is 1.06 bits per heavy atom. The van der Waals surface area contributed by atoms with Crippen molar-refractivity contribution in [3.8, 4) is 34.5 Å². The maximum absolute atomic E-state index is 10.3. The van der Waals surface area contributed by atoms with Crippen LogP contribution in [0.2, 0.25) is 0 Å². The van der Waals surface area contributed by atoms with Crippen LogP contribution in [-0.4, -0.2) is 47.3 Å². The summed E-state index contributed by atoms with van der Waals surface area (Å²) in [5, 5.41) is 62.9. The lowest BCUT2D eigenvalue weighted by atomic mass is 10.1. The first-order valence-electron chi connectivity index (χ1n) is 9.03. The number of hydrogen-bond acceptors (Lipinski definition) is 10. The predicted octanol–water partition coefficient (Wildman–Crippen LogP) is 2.00. The van der Waals surface area contributed by atoms with Crippen molar-refractivity contribution in [2.45, 2.75) is 6.17 Å². The van der Waals surface area contributed by atoms with Crippen molar-refractivity contribution in [1.82, 2.24) is 5.01 Å². The van der Waals surface area contributed by atoms with Gasteiger partial charge in [-0.2, -0.15) is 0 Å². The van der Waals surface area contributed by atoms with Crippen LogP contribution in [0.5, 0.6) is 34.5 Å². The molecule has 158 valence electrons. The second-order valence-corrected chi connectivity index (χ2v) is 6.72. The van der Waals surface area contributed by atoms with Gasteiger partial charge in [-0.1, -0.05) is 18.2 Å². The maximum atomic E-state index is 10.3. The van der Waals surface area contributed by atoms with E-state index in [0.29, 0.717) is 0 Å². The summed E-state index contributed by atoms with van der Waals surface area (Å²) >= 11 is 0. The number of aliphatic imine (C=N–C) groups is 2. The minimum atomic E-state index is -1.29. The second-order valence-electron chi connectivity index (χ2n) is 6.72. The number of hydrazine groups is 1. The highest BCUT2D eigenvalue weighted by Crippen LogP contribution is 2.41. The highest BCUT2D eigenvalue weighted by atomic mass is 16.3. The van der Waals surface area contributed by atoms with Crippen molar-refractivity contribution < 1.29 is 30.6 Å². The molecule has 0 radical (unpaired) electrons. The van der Waals surface area contributed by atoms with Crippen LogP contribution in [-0.2, 0) is 0 Å². The highest BCUT2D eigenvalue weighted by Gasteiger charge is 2.34. The molecule has 0 saturated carbocycles. The fourth-order valence-corrected chi connectivity index (χ4v) is 3.31. The molecule has 0 saturated heterocycles. The number of nitrogens with two attached hydrogens (primary N) is 1. The molecule has 8 N–H and O–H groups in total. The van der Waals surface area contributed by atoms with Crippen molar-refractivity contribution in [3.05, 3.63) is 71.3 Å². The number of amidine groups is 2. The minimum Gasteiger partial charge on any atom is -0.507 e. The number of rotatable bonds is 3. The van der Waals surface area contributed by atoms with Crippen LogP contribution in [0.4, 0.5) is 0 Å². The van der Waals surface area contributed by atoms with E-state index in [1.807, 2.05) is 0 Å². The Kier molecular flexibility index (Phi) is 4.76. The molecule has 1 atom stereocenters. The summed E-state index contributed by atoms with van der Waals surface area (Å²) in [4.78, 5) is 8.55. The summed E-state index contributed by atoms with van der Waals surface area (Å²) in [5.41, 5.74) is -0.366. The van der Waals surface area contributed by atoms with Crippen molar-refractivity contribution in [3.63, 3.8) is 0 Å². The van der Waals surface area contributed by atoms with Gasteiger partial charge < -0.3 is 30.6 Å². The zero-order chi connectivity index (χ0) is 22.3. The van der Waals surface area contributed by atoms with E-state index in [9.17, 15) is 30.6 Å². The fourth-order valence-electron chi connectivity index (χ4n) is 3.31. The van der Waals surface area contributed by atoms with Gasteiger partial charge in [0.2, 0.25) is 0 Å². The normalized spacial score (nSPS) is 16.0. The molecular formula is C21H18N4O6. The van der Waals surface area contributed by atoms with Gasteiger partial charge in [0.25, 0.3) is 0 Å². The molecule has 1 aliphatic heterocycles. The molecule has 0 bridgehead atoms. The molecule has 0 amide bonds. The summed E-state index contributed by atoms with van der Waals surface area (Å²) in [7, 11) is 0. The van der Waals surface area contributed by atoms with Gasteiger partial charge in [0.05, 0.1) is 5.56 Å². The van der Waals surface area contributed by atoms with E-state index in [1.165, 1.54) is 54.6 Å². The lowest BCUT2D eigenvalue weighted by Crippen LogP contribution is -2.43. The van der Waals surface area contributed by atoms with Gasteiger partial charge in [0.1, 0.15) is 45.6 Å². The number of aromatic hydroxyl groups is 6. The van der Waals surface area contributed by atoms with Crippen molar-refractivity contribution in [2.75, 3.05) is 0 Å². The number of hydrogen-bond donors (Lipinski definition) is 7. The molecule has 0 aromatic heterocycles. The first-order chi connectivity index (χ1) is 14.8. The van der Waals surface area contributed by atoms with Crippen molar-refractivity contribution in [1.29, 1.82) is 0 Å². The zero-order valence-electron chi connectivity index (χ0n) is 15.9. The maximum Gasteiger partial charge on any atom is 0.171 e. The predicted molar refractivity (Wildman–Crippen MR) is 111 cm³/mol. The summed E-state index contributed by atoms with van der Waals surface area (Å²) in [6.07, 6.45) is -1.29. The molecular weight excluding hydrogens is 404 g/mol. The summed E-state index contributed by atoms with van der Waals surface area (Å²) < 4.78 is 0. The van der Waals surface area contributed by atoms with Crippen LogP contribution in [0, 0.1) is 0 Å². The van der Waals surface area contributed by atoms with Crippen LogP contribution in [0.25, 0.3) is 0 Å². The van der Waals surface area contributed by atoms with Crippen molar-refractivity contribution >= 4 is 11.7 Å². The molecule has 1 unspecified atom stereocenters. The van der Waals surface area contributed by atoms with Gasteiger partial charge in [-0.25, -0.2) is 15.8 Å². The SMILES string of the molecule is NN1C(c2c(O)cccc2O)=NC(c2c(O)cccc2O)=NC1c1c(O)cccc1O. The Balaban J connectivity index is 2.01. The van der Waals surface area contributed by atoms with E-state index < -0.39 is 6.17 Å². The van der Waals surface area contributed by atoms with E-state index in [4.69, 9.17) is 5.84 Å². The summed E-state index contributed by atoms with van der Waals surface area (Å²) in [5.74, 6) is 3.79. The summed E-state index contributed by atoms with van der Waals surface area (Å²) in [6.45, 7) is 0. The van der Waals surface area contributed by atoms with Crippen LogP contribution < -0.4 is 5.84 Å². The van der Waals surface area contributed by atoms with E-state index in [-0.39, 0.29) is 62.9 Å². The molecule has 10 nitrogen and oxygen atoms in total. The first kappa shape index (κ1) is 19.9. The lowest BCUT2D eigenvalue weighted by Gasteiger charge is -2.32. The molecule has 3 aromatic carbocycles. The van der Waals surface area contributed by atoms with Crippen LogP contribution in [0.15, 0.2) is 64.6 Å². The third kappa shape index (κ3) is 3.30. The quantitative estimate of drug-likeness (QED) is 0.314. The number of phenolic OH excluding ortho intramolecular Hbond substituents is 6. The van der Waals surface area contributed by atoms with Gasteiger partial charge in [0.15, 0.2) is 17.8 Å². The topological polar surface area (TPSA) is 175 Å². The monoisotopic (exact) mass is 422 g/mol. The minimum absolute atomic E-state index is 0.0836. The van der Waals surface area contributed by atoms with Crippen LogP contribution in [0.1, 0.15) is 22.9 Å². The third-order valence-electron chi connectivity index (χ3n) is 4.77. The van der Waals surface area contributed by atoms with Gasteiger partial charge in [-0.3, -0.25) is 5.01 Å². The number of nitrogens with zero attached hydrogens (tertiary/aromatic N) is 3. The van der Waals surface area contributed by atoms with Gasteiger partial charge >= 0.3 is 0 Å².